The molecule has 0 saturated carbocycles. The average molecular weight is 325 g/mol. The molecule has 0 atom stereocenters. The highest BCUT2D eigenvalue weighted by molar-refractivity contribution is 5.59. The molecule has 0 aliphatic rings. The van der Waals surface area contributed by atoms with Gasteiger partial charge >= 0.3 is 6.18 Å². The molecule has 0 aliphatic heterocycles. The van der Waals surface area contributed by atoms with Gasteiger partial charge in [-0.15, -0.1) is 5.10 Å². The summed E-state index contributed by atoms with van der Waals surface area (Å²) in [6.07, 6.45) is -2.30. The van der Waals surface area contributed by atoms with Crippen LogP contribution in [0.25, 0.3) is 0 Å². The third-order valence-corrected chi connectivity index (χ3v) is 3.09. The molecular formula is C14H14F3N5O. The predicted molar refractivity (Wildman–Crippen MR) is 75.2 cm³/mol. The highest BCUT2D eigenvalue weighted by Gasteiger charge is 2.31. The van der Waals surface area contributed by atoms with Crippen LogP contribution in [0.4, 0.5) is 18.9 Å². The van der Waals surface area contributed by atoms with E-state index >= 15 is 0 Å². The zero-order valence-electron chi connectivity index (χ0n) is 12.0. The van der Waals surface area contributed by atoms with Gasteiger partial charge in [0, 0.05) is 13.1 Å². The Bertz CT molecular complexity index is 705. The molecule has 0 unspecified atom stereocenters. The maximum absolute atomic E-state index is 12.7. The fourth-order valence-electron chi connectivity index (χ4n) is 1.95. The molecule has 2 aromatic rings. The number of halogens is 3. The van der Waals surface area contributed by atoms with Crippen molar-refractivity contribution in [2.75, 3.05) is 11.9 Å². The van der Waals surface area contributed by atoms with Gasteiger partial charge in [-0.05, 0) is 24.6 Å². The lowest BCUT2D eigenvalue weighted by molar-refractivity contribution is -0.137. The van der Waals surface area contributed by atoms with Crippen LogP contribution in [-0.4, -0.2) is 26.6 Å². The Morgan fingerprint density at radius 2 is 2.13 bits per heavy atom. The summed E-state index contributed by atoms with van der Waals surface area (Å²) >= 11 is 0. The number of hydrogen-bond acceptors (Lipinski definition) is 5. The summed E-state index contributed by atoms with van der Waals surface area (Å²) in [5, 5.41) is 28.2. The minimum absolute atomic E-state index is 0.150. The van der Waals surface area contributed by atoms with Crippen molar-refractivity contribution in [3.63, 3.8) is 0 Å². The van der Waals surface area contributed by atoms with Crippen LogP contribution in [-0.2, 0) is 19.3 Å². The van der Waals surface area contributed by atoms with E-state index in [1.807, 2.05) is 6.07 Å². The van der Waals surface area contributed by atoms with Gasteiger partial charge in [0.25, 0.3) is 0 Å². The lowest BCUT2D eigenvalue weighted by Crippen LogP contribution is -2.10. The Hall–Kier alpha value is -2.60. The van der Waals surface area contributed by atoms with E-state index in [1.165, 1.54) is 4.68 Å². The van der Waals surface area contributed by atoms with Gasteiger partial charge in [0.05, 0.1) is 29.6 Å². The Balaban J connectivity index is 1.95. The third kappa shape index (κ3) is 4.43. The first-order valence-electron chi connectivity index (χ1n) is 6.79. The molecule has 9 heteroatoms. The van der Waals surface area contributed by atoms with Crippen molar-refractivity contribution in [2.45, 2.75) is 25.7 Å². The van der Waals surface area contributed by atoms with E-state index in [0.717, 1.165) is 18.2 Å². The van der Waals surface area contributed by atoms with Gasteiger partial charge in [0.15, 0.2) is 0 Å². The SMILES string of the molecule is N#Cc1ccc(C(F)(F)F)cc1NCCCn1cc(CO)nn1. The van der Waals surface area contributed by atoms with Crippen molar-refractivity contribution in [1.29, 1.82) is 5.26 Å². The zero-order chi connectivity index (χ0) is 16.9. The fourth-order valence-corrected chi connectivity index (χ4v) is 1.95. The van der Waals surface area contributed by atoms with Crippen molar-refractivity contribution in [3.8, 4) is 6.07 Å². The highest BCUT2D eigenvalue weighted by Crippen LogP contribution is 2.32. The van der Waals surface area contributed by atoms with Gasteiger partial charge < -0.3 is 10.4 Å². The Labute approximate surface area is 130 Å². The van der Waals surface area contributed by atoms with Crippen LogP contribution in [0.3, 0.4) is 0 Å². The average Bonchev–Trinajstić information content (AvgIpc) is 2.98. The van der Waals surface area contributed by atoms with Gasteiger partial charge in [0.2, 0.25) is 0 Å². The summed E-state index contributed by atoms with van der Waals surface area (Å²) in [5.74, 6) is 0. The molecule has 0 bridgehead atoms. The number of nitrogens with zero attached hydrogens (tertiary/aromatic N) is 4. The van der Waals surface area contributed by atoms with Crippen LogP contribution in [0, 0.1) is 11.3 Å². The van der Waals surface area contributed by atoms with E-state index in [9.17, 15) is 13.2 Å². The number of benzene rings is 1. The molecule has 0 spiro atoms. The van der Waals surface area contributed by atoms with E-state index in [0.29, 0.717) is 25.2 Å². The number of anilines is 1. The molecule has 1 aromatic heterocycles. The van der Waals surface area contributed by atoms with E-state index in [1.54, 1.807) is 6.20 Å². The topological polar surface area (TPSA) is 86.8 Å². The van der Waals surface area contributed by atoms with Crippen LogP contribution in [0.1, 0.15) is 23.2 Å². The van der Waals surface area contributed by atoms with Crippen molar-refractivity contribution in [1.82, 2.24) is 15.0 Å². The molecular weight excluding hydrogens is 311 g/mol. The first kappa shape index (κ1) is 16.8. The van der Waals surface area contributed by atoms with Crippen LogP contribution in [0.5, 0.6) is 0 Å². The molecule has 0 aliphatic carbocycles. The second-order valence-corrected chi connectivity index (χ2v) is 4.78. The van der Waals surface area contributed by atoms with Crippen molar-refractivity contribution >= 4 is 5.69 Å². The van der Waals surface area contributed by atoms with Gasteiger partial charge in [-0.3, -0.25) is 4.68 Å². The molecule has 122 valence electrons. The Kier molecular flexibility index (Phi) is 5.18. The number of aromatic nitrogens is 3. The molecule has 6 nitrogen and oxygen atoms in total. The first-order valence-corrected chi connectivity index (χ1v) is 6.79. The van der Waals surface area contributed by atoms with Gasteiger partial charge in [0.1, 0.15) is 11.8 Å². The van der Waals surface area contributed by atoms with Gasteiger partial charge in [-0.25, -0.2) is 0 Å². The molecule has 2 rings (SSSR count). The quantitative estimate of drug-likeness (QED) is 0.795. The summed E-state index contributed by atoms with van der Waals surface area (Å²) in [4.78, 5) is 0. The first-order chi connectivity index (χ1) is 10.9. The normalized spacial score (nSPS) is 11.3. The molecule has 0 fully saturated rings. The summed E-state index contributed by atoms with van der Waals surface area (Å²) in [6.45, 7) is 0.652. The standard InChI is InChI=1S/C14H14F3N5O/c15-14(16,17)11-3-2-10(7-18)13(6-11)19-4-1-5-22-8-12(9-23)20-21-22/h2-3,6,8,19,23H,1,4-5,9H2. The number of rotatable bonds is 6. The molecule has 1 aromatic carbocycles. The highest BCUT2D eigenvalue weighted by atomic mass is 19.4. The number of nitrogens with one attached hydrogen (secondary N) is 1. The lowest BCUT2D eigenvalue weighted by Gasteiger charge is -2.12. The summed E-state index contributed by atoms with van der Waals surface area (Å²) in [5.41, 5.74) is -0.0521. The molecule has 0 radical (unpaired) electrons. The lowest BCUT2D eigenvalue weighted by atomic mass is 10.1. The zero-order valence-corrected chi connectivity index (χ0v) is 12.0. The largest absolute Gasteiger partial charge is 0.416 e. The Morgan fingerprint density at radius 1 is 1.35 bits per heavy atom. The maximum atomic E-state index is 12.7. The number of aliphatic hydroxyl groups excluding tert-OH is 1. The number of aryl methyl sites for hydroxylation is 1. The number of nitriles is 1. The van der Waals surface area contributed by atoms with Crippen LogP contribution >= 0.6 is 0 Å². The maximum Gasteiger partial charge on any atom is 0.416 e. The molecule has 1 heterocycles. The van der Waals surface area contributed by atoms with Crippen molar-refractivity contribution in [3.05, 3.63) is 41.2 Å². The van der Waals surface area contributed by atoms with Gasteiger partial charge in [-0.2, -0.15) is 18.4 Å². The van der Waals surface area contributed by atoms with E-state index < -0.39 is 11.7 Å². The summed E-state index contributed by atoms with van der Waals surface area (Å²) in [6, 6.07) is 4.82. The van der Waals surface area contributed by atoms with E-state index in [-0.39, 0.29) is 17.9 Å². The molecule has 2 N–H and O–H groups in total. The van der Waals surface area contributed by atoms with Crippen molar-refractivity contribution < 1.29 is 18.3 Å². The monoisotopic (exact) mass is 325 g/mol. The minimum Gasteiger partial charge on any atom is -0.390 e. The smallest absolute Gasteiger partial charge is 0.390 e. The molecule has 23 heavy (non-hydrogen) atoms. The second kappa shape index (κ2) is 7.11. The Morgan fingerprint density at radius 3 is 2.74 bits per heavy atom. The van der Waals surface area contributed by atoms with E-state index in [2.05, 4.69) is 15.6 Å². The molecule has 0 saturated heterocycles. The number of alkyl halides is 3. The minimum atomic E-state index is -4.45. The summed E-state index contributed by atoms with van der Waals surface area (Å²) in [7, 11) is 0. The fraction of sp³-hybridized carbons (Fsp3) is 0.357. The van der Waals surface area contributed by atoms with E-state index in [4.69, 9.17) is 10.4 Å². The molecule has 0 amide bonds. The number of aliphatic hydroxyl groups is 1. The predicted octanol–water partition coefficient (Wildman–Crippen LogP) is 2.16. The second-order valence-electron chi connectivity index (χ2n) is 4.78. The summed E-state index contributed by atoms with van der Waals surface area (Å²) < 4.78 is 39.6. The van der Waals surface area contributed by atoms with Crippen molar-refractivity contribution in [2.24, 2.45) is 0 Å². The van der Waals surface area contributed by atoms with Gasteiger partial charge in [-0.1, -0.05) is 5.21 Å². The number of hydrogen-bond donors (Lipinski definition) is 2. The third-order valence-electron chi connectivity index (χ3n) is 3.09. The van der Waals surface area contributed by atoms with Crippen LogP contribution in [0.15, 0.2) is 24.4 Å². The van der Waals surface area contributed by atoms with Crippen LogP contribution < -0.4 is 5.32 Å². The van der Waals surface area contributed by atoms with Crippen LogP contribution in [0.2, 0.25) is 0 Å².